The predicted octanol–water partition coefficient (Wildman–Crippen LogP) is 3.41. The third kappa shape index (κ3) is 4.35. The molecule has 150 valence electrons. The van der Waals surface area contributed by atoms with Crippen molar-refractivity contribution in [3.8, 4) is 17.2 Å². The number of carboxylic acids is 1. The molecule has 0 unspecified atom stereocenters. The molecule has 1 aliphatic heterocycles. The first-order valence-electron chi connectivity index (χ1n) is 8.38. The van der Waals surface area contributed by atoms with Gasteiger partial charge in [-0.05, 0) is 47.7 Å². The van der Waals surface area contributed by atoms with Crippen molar-refractivity contribution in [2.45, 2.75) is 0 Å². The van der Waals surface area contributed by atoms with Gasteiger partial charge in [0, 0.05) is 0 Å². The summed E-state index contributed by atoms with van der Waals surface area (Å²) < 4.78 is 15.6. The van der Waals surface area contributed by atoms with Gasteiger partial charge in [-0.15, -0.1) is 0 Å². The molecule has 29 heavy (non-hydrogen) atoms. The maximum absolute atomic E-state index is 12.8. The van der Waals surface area contributed by atoms with Crippen molar-refractivity contribution in [3.63, 3.8) is 0 Å². The Bertz CT molecular complexity index is 1000. The number of benzene rings is 2. The van der Waals surface area contributed by atoms with Crippen molar-refractivity contribution in [2.24, 2.45) is 0 Å². The van der Waals surface area contributed by atoms with Gasteiger partial charge in [-0.1, -0.05) is 18.2 Å². The molecule has 9 heteroatoms. The summed E-state index contributed by atoms with van der Waals surface area (Å²) in [6, 6.07) is 11.5. The molecular formula is C20H17NO7S. The number of hydrogen-bond acceptors (Lipinski definition) is 7. The minimum atomic E-state index is -1.11. The molecule has 1 N–H and O–H groups in total. The number of hydrogen-bond donors (Lipinski definition) is 1. The van der Waals surface area contributed by atoms with Crippen LogP contribution in [0.2, 0.25) is 0 Å². The number of rotatable bonds is 7. The summed E-state index contributed by atoms with van der Waals surface area (Å²) >= 11 is 0.816. The molecule has 0 atom stereocenters. The molecule has 8 nitrogen and oxygen atoms in total. The van der Waals surface area contributed by atoms with Gasteiger partial charge in [0.05, 0.1) is 24.8 Å². The van der Waals surface area contributed by atoms with Gasteiger partial charge in [-0.2, -0.15) is 0 Å². The van der Waals surface area contributed by atoms with Crippen LogP contribution in [0.4, 0.5) is 10.5 Å². The molecular weight excluding hydrogens is 398 g/mol. The van der Waals surface area contributed by atoms with Gasteiger partial charge in [-0.25, -0.2) is 9.69 Å². The first-order valence-corrected chi connectivity index (χ1v) is 9.20. The number of aliphatic carboxylic acids is 1. The molecule has 1 aliphatic rings. The molecule has 0 saturated carbocycles. The molecule has 0 radical (unpaired) electrons. The van der Waals surface area contributed by atoms with E-state index in [0.29, 0.717) is 22.7 Å². The Labute approximate surface area is 170 Å². The lowest BCUT2D eigenvalue weighted by molar-refractivity contribution is -0.139. The summed E-state index contributed by atoms with van der Waals surface area (Å²) in [5.41, 5.74) is 0.964. The summed E-state index contributed by atoms with van der Waals surface area (Å²) in [4.78, 5) is 37.3. The lowest BCUT2D eigenvalue weighted by atomic mass is 10.1. The number of anilines is 1. The number of para-hydroxylation sites is 2. The van der Waals surface area contributed by atoms with Gasteiger partial charge in [0.25, 0.3) is 11.1 Å². The summed E-state index contributed by atoms with van der Waals surface area (Å²) in [6.45, 7) is -0.506. The highest BCUT2D eigenvalue weighted by Gasteiger charge is 2.37. The van der Waals surface area contributed by atoms with Crippen LogP contribution in [0.3, 0.4) is 0 Å². The second-order valence-electron chi connectivity index (χ2n) is 5.78. The standard InChI is InChI=1S/C20H17NO7S/c1-26-14-6-4-3-5-13(14)21-19(24)17(29-20(21)25)10-12-7-8-15(16(9-12)27-2)28-11-18(22)23/h3-10H,11H2,1-2H3,(H,22,23)/b17-10+. The van der Waals surface area contributed by atoms with E-state index in [0.717, 1.165) is 16.7 Å². The first kappa shape index (κ1) is 20.3. The van der Waals surface area contributed by atoms with Gasteiger partial charge >= 0.3 is 5.97 Å². The summed E-state index contributed by atoms with van der Waals surface area (Å²) in [5.74, 6) is -0.591. The number of carboxylic acid groups (broad SMARTS) is 1. The van der Waals surface area contributed by atoms with Gasteiger partial charge in [0.1, 0.15) is 5.75 Å². The van der Waals surface area contributed by atoms with E-state index < -0.39 is 23.7 Å². The Morgan fingerprint density at radius 2 is 1.79 bits per heavy atom. The van der Waals surface area contributed by atoms with Crippen molar-refractivity contribution >= 4 is 40.6 Å². The number of carbonyl (C=O) groups is 3. The van der Waals surface area contributed by atoms with Crippen molar-refractivity contribution in [1.82, 2.24) is 0 Å². The van der Waals surface area contributed by atoms with E-state index in [1.54, 1.807) is 42.5 Å². The Morgan fingerprint density at radius 1 is 1.07 bits per heavy atom. The molecule has 0 aromatic heterocycles. The minimum Gasteiger partial charge on any atom is -0.495 e. The molecule has 3 rings (SSSR count). The Morgan fingerprint density at radius 3 is 2.48 bits per heavy atom. The lowest BCUT2D eigenvalue weighted by Crippen LogP contribution is -2.28. The van der Waals surface area contributed by atoms with Crippen LogP contribution in [0, 0.1) is 0 Å². The average molecular weight is 415 g/mol. The topological polar surface area (TPSA) is 102 Å². The van der Waals surface area contributed by atoms with Crippen LogP contribution in [0.5, 0.6) is 17.2 Å². The Kier molecular flexibility index (Phi) is 6.08. The Hall–Kier alpha value is -3.46. The number of ether oxygens (including phenoxy) is 3. The summed E-state index contributed by atoms with van der Waals surface area (Å²) in [6.07, 6.45) is 1.56. The average Bonchev–Trinajstić information content (AvgIpc) is 2.99. The van der Waals surface area contributed by atoms with Crippen molar-refractivity contribution in [2.75, 3.05) is 25.7 Å². The van der Waals surface area contributed by atoms with Crippen molar-refractivity contribution < 1.29 is 33.7 Å². The normalized spacial score (nSPS) is 15.0. The quantitative estimate of drug-likeness (QED) is 0.687. The zero-order valence-electron chi connectivity index (χ0n) is 15.6. The number of imide groups is 1. The molecule has 1 fully saturated rings. The largest absolute Gasteiger partial charge is 0.495 e. The van der Waals surface area contributed by atoms with Gasteiger partial charge in [-0.3, -0.25) is 9.59 Å². The van der Waals surface area contributed by atoms with E-state index in [2.05, 4.69) is 0 Å². The maximum Gasteiger partial charge on any atom is 0.341 e. The van der Waals surface area contributed by atoms with Crippen LogP contribution in [0.15, 0.2) is 47.4 Å². The van der Waals surface area contributed by atoms with E-state index in [-0.39, 0.29) is 10.7 Å². The maximum atomic E-state index is 12.8. The number of carbonyl (C=O) groups excluding carboxylic acids is 2. The SMILES string of the molecule is COc1cc(/C=C2/SC(=O)N(c3ccccc3OC)C2=O)ccc1OCC(=O)O. The van der Waals surface area contributed by atoms with Gasteiger partial charge < -0.3 is 19.3 Å². The van der Waals surface area contributed by atoms with E-state index in [4.69, 9.17) is 19.3 Å². The van der Waals surface area contributed by atoms with Gasteiger partial charge in [0.15, 0.2) is 18.1 Å². The third-order valence-corrected chi connectivity index (χ3v) is 4.83. The highest BCUT2D eigenvalue weighted by Crippen LogP contribution is 2.40. The first-order chi connectivity index (χ1) is 13.9. The fourth-order valence-electron chi connectivity index (χ4n) is 2.67. The lowest BCUT2D eigenvalue weighted by Gasteiger charge is -2.15. The molecule has 0 bridgehead atoms. The second kappa shape index (κ2) is 8.70. The molecule has 2 aromatic carbocycles. The number of nitrogens with zero attached hydrogens (tertiary/aromatic N) is 1. The van der Waals surface area contributed by atoms with E-state index in [9.17, 15) is 14.4 Å². The third-order valence-electron chi connectivity index (χ3n) is 3.96. The minimum absolute atomic E-state index is 0.238. The fraction of sp³-hybridized carbons (Fsp3) is 0.150. The molecule has 0 aliphatic carbocycles. The van der Waals surface area contributed by atoms with E-state index in [1.165, 1.54) is 20.3 Å². The molecule has 0 spiro atoms. The second-order valence-corrected chi connectivity index (χ2v) is 6.77. The van der Waals surface area contributed by atoms with Crippen LogP contribution in [0.25, 0.3) is 6.08 Å². The number of amides is 2. The van der Waals surface area contributed by atoms with Crippen LogP contribution in [-0.2, 0) is 9.59 Å². The van der Waals surface area contributed by atoms with Crippen LogP contribution in [0.1, 0.15) is 5.56 Å². The zero-order chi connectivity index (χ0) is 21.0. The van der Waals surface area contributed by atoms with Crippen LogP contribution >= 0.6 is 11.8 Å². The molecule has 2 aromatic rings. The molecule has 2 amide bonds. The van der Waals surface area contributed by atoms with Crippen molar-refractivity contribution in [1.29, 1.82) is 0 Å². The number of methoxy groups -OCH3 is 2. The van der Waals surface area contributed by atoms with E-state index >= 15 is 0 Å². The smallest absolute Gasteiger partial charge is 0.341 e. The van der Waals surface area contributed by atoms with E-state index in [1.807, 2.05) is 0 Å². The fourth-order valence-corrected chi connectivity index (χ4v) is 3.51. The summed E-state index contributed by atoms with van der Waals surface area (Å²) in [5, 5.41) is 8.30. The van der Waals surface area contributed by atoms with Crippen LogP contribution in [-0.4, -0.2) is 43.0 Å². The monoisotopic (exact) mass is 415 g/mol. The van der Waals surface area contributed by atoms with Gasteiger partial charge in [0.2, 0.25) is 0 Å². The van der Waals surface area contributed by atoms with Crippen molar-refractivity contribution in [3.05, 3.63) is 52.9 Å². The molecule has 1 heterocycles. The highest BCUT2D eigenvalue weighted by molar-refractivity contribution is 8.19. The van der Waals surface area contributed by atoms with Crippen LogP contribution < -0.4 is 19.1 Å². The predicted molar refractivity (Wildman–Crippen MR) is 108 cm³/mol. The summed E-state index contributed by atoms with van der Waals surface area (Å²) in [7, 11) is 2.89. The Balaban J connectivity index is 1.88. The zero-order valence-corrected chi connectivity index (χ0v) is 16.4. The number of thioether (sulfide) groups is 1. The molecule has 1 saturated heterocycles. The highest BCUT2D eigenvalue weighted by atomic mass is 32.2.